The van der Waals surface area contributed by atoms with Gasteiger partial charge in [-0.1, -0.05) is 5.16 Å². The van der Waals surface area contributed by atoms with Crippen LogP contribution in [0.1, 0.15) is 5.76 Å². The van der Waals surface area contributed by atoms with E-state index >= 15 is 0 Å². The summed E-state index contributed by atoms with van der Waals surface area (Å²) < 4.78 is 50.5. The summed E-state index contributed by atoms with van der Waals surface area (Å²) in [5.41, 5.74) is 0.876. The van der Waals surface area contributed by atoms with Gasteiger partial charge in [0.15, 0.2) is 5.76 Å². The molecule has 0 spiro atoms. The van der Waals surface area contributed by atoms with Gasteiger partial charge >= 0.3 is 10.2 Å². The van der Waals surface area contributed by atoms with Crippen molar-refractivity contribution in [2.24, 2.45) is 0 Å². The summed E-state index contributed by atoms with van der Waals surface area (Å²) in [6.45, 7) is 0. The minimum Gasteiger partial charge on any atom is -0.360 e. The highest BCUT2D eigenvalue weighted by Crippen LogP contribution is 2.20. The van der Waals surface area contributed by atoms with Gasteiger partial charge in [0.05, 0.1) is 0 Å². The quantitative estimate of drug-likeness (QED) is 0.793. The summed E-state index contributed by atoms with van der Waals surface area (Å²) in [5.74, 6) is -1.36. The molecule has 0 atom stereocenters. The molecule has 0 saturated heterocycles. The van der Waals surface area contributed by atoms with Crippen molar-refractivity contribution in [2.45, 2.75) is 5.75 Å². The minimum atomic E-state index is -4.65. The molecule has 1 aromatic carbocycles. The molecule has 1 heterocycles. The minimum absolute atomic E-state index is 0.105. The van der Waals surface area contributed by atoms with E-state index in [1.54, 1.807) is 0 Å². The smallest absolute Gasteiger partial charge is 0.309 e. The van der Waals surface area contributed by atoms with Crippen LogP contribution in [0.5, 0.6) is 0 Å². The average molecular weight is 259 g/mol. The lowest BCUT2D eigenvalue weighted by Crippen LogP contribution is -1.93. The van der Waals surface area contributed by atoms with Crippen LogP contribution in [-0.2, 0) is 16.0 Å². The SMILES string of the molecule is O=S(=O)(F)Cc1cc(-c2ccc(F)cc2)no1. The summed E-state index contributed by atoms with van der Waals surface area (Å²) in [4.78, 5) is 0. The van der Waals surface area contributed by atoms with Gasteiger partial charge in [0.2, 0.25) is 0 Å². The summed E-state index contributed by atoms with van der Waals surface area (Å²) in [5, 5.41) is 3.57. The molecule has 7 heteroatoms. The van der Waals surface area contributed by atoms with Crippen LogP contribution in [-0.4, -0.2) is 13.6 Å². The molecule has 1 aromatic heterocycles. The number of aromatic nitrogens is 1. The van der Waals surface area contributed by atoms with Gasteiger partial charge in [0.1, 0.15) is 17.3 Å². The predicted octanol–water partition coefficient (Wildman–Crippen LogP) is 2.28. The molecule has 2 rings (SSSR count). The Bertz CT molecular complexity index is 619. The number of nitrogens with zero attached hydrogens (tertiary/aromatic N) is 1. The van der Waals surface area contributed by atoms with E-state index in [-0.39, 0.29) is 5.76 Å². The Labute approximate surface area is 96.1 Å². The molecule has 0 bridgehead atoms. The molecule has 0 saturated carbocycles. The van der Waals surface area contributed by atoms with Gasteiger partial charge < -0.3 is 4.52 Å². The lowest BCUT2D eigenvalue weighted by atomic mass is 10.1. The van der Waals surface area contributed by atoms with Crippen molar-refractivity contribution in [2.75, 3.05) is 0 Å². The Balaban J connectivity index is 2.27. The Kier molecular flexibility index (Phi) is 2.93. The van der Waals surface area contributed by atoms with Crippen LogP contribution in [0.3, 0.4) is 0 Å². The Morgan fingerprint density at radius 1 is 1.24 bits per heavy atom. The fourth-order valence-electron chi connectivity index (χ4n) is 1.31. The van der Waals surface area contributed by atoms with Crippen molar-refractivity contribution in [3.05, 3.63) is 41.9 Å². The zero-order valence-electron chi connectivity index (χ0n) is 8.43. The summed E-state index contributed by atoms with van der Waals surface area (Å²) in [7, 11) is -4.65. The van der Waals surface area contributed by atoms with Crippen molar-refractivity contribution in [3.8, 4) is 11.3 Å². The third kappa shape index (κ3) is 3.10. The normalized spacial score (nSPS) is 11.6. The van der Waals surface area contributed by atoms with Gasteiger partial charge in [-0.3, -0.25) is 0 Å². The summed E-state index contributed by atoms with van der Waals surface area (Å²) >= 11 is 0. The fourth-order valence-corrected chi connectivity index (χ4v) is 1.78. The lowest BCUT2D eigenvalue weighted by Gasteiger charge is -1.93. The maximum Gasteiger partial charge on any atom is 0.309 e. The van der Waals surface area contributed by atoms with Crippen molar-refractivity contribution in [3.63, 3.8) is 0 Å². The molecule has 4 nitrogen and oxygen atoms in total. The first-order chi connectivity index (χ1) is 7.94. The average Bonchev–Trinajstić information content (AvgIpc) is 2.64. The van der Waals surface area contributed by atoms with Gasteiger partial charge in [0, 0.05) is 11.6 Å². The maximum atomic E-state index is 12.7. The van der Waals surface area contributed by atoms with E-state index < -0.39 is 21.8 Å². The van der Waals surface area contributed by atoms with E-state index in [9.17, 15) is 16.7 Å². The van der Waals surface area contributed by atoms with Gasteiger partial charge in [-0.05, 0) is 24.3 Å². The highest BCUT2D eigenvalue weighted by molar-refractivity contribution is 7.85. The number of halogens is 2. The van der Waals surface area contributed by atoms with Crippen LogP contribution in [0, 0.1) is 5.82 Å². The number of rotatable bonds is 3. The standard InChI is InChI=1S/C10H7F2NO3S/c11-8-3-1-7(2-4-8)10-5-9(16-13-10)6-17(12,14)15/h1-5H,6H2. The second-order valence-electron chi connectivity index (χ2n) is 3.37. The Morgan fingerprint density at radius 3 is 2.47 bits per heavy atom. The zero-order valence-corrected chi connectivity index (χ0v) is 9.25. The van der Waals surface area contributed by atoms with Crippen molar-refractivity contribution < 1.29 is 21.2 Å². The van der Waals surface area contributed by atoms with E-state index in [0.717, 1.165) is 0 Å². The molecule has 0 unspecified atom stereocenters. The maximum absolute atomic E-state index is 12.7. The summed E-state index contributed by atoms with van der Waals surface area (Å²) in [6, 6.07) is 6.68. The lowest BCUT2D eigenvalue weighted by molar-refractivity contribution is 0.393. The van der Waals surface area contributed by atoms with Crippen LogP contribution in [0.4, 0.5) is 8.28 Å². The molecule has 2 aromatic rings. The molecule has 90 valence electrons. The highest BCUT2D eigenvalue weighted by Gasteiger charge is 2.14. The molecule has 0 amide bonds. The molecule has 0 aliphatic heterocycles. The highest BCUT2D eigenvalue weighted by atomic mass is 32.3. The third-order valence-corrected chi connectivity index (χ3v) is 2.64. The van der Waals surface area contributed by atoms with Crippen molar-refractivity contribution >= 4 is 10.2 Å². The molecule has 0 aliphatic rings. The fraction of sp³-hybridized carbons (Fsp3) is 0.100. The van der Waals surface area contributed by atoms with E-state index in [4.69, 9.17) is 0 Å². The molecule has 17 heavy (non-hydrogen) atoms. The van der Waals surface area contributed by atoms with Crippen LogP contribution in [0.2, 0.25) is 0 Å². The van der Waals surface area contributed by atoms with E-state index in [2.05, 4.69) is 9.68 Å². The molecule has 0 N–H and O–H groups in total. The largest absolute Gasteiger partial charge is 0.360 e. The first-order valence-electron chi connectivity index (χ1n) is 4.58. The number of hydrogen-bond acceptors (Lipinski definition) is 4. The molecular formula is C10H7F2NO3S. The molecule has 0 radical (unpaired) electrons. The molecule has 0 aliphatic carbocycles. The first kappa shape index (κ1) is 11.7. The summed E-state index contributed by atoms with van der Waals surface area (Å²) in [6.07, 6.45) is 0. The first-order valence-corrected chi connectivity index (χ1v) is 6.13. The van der Waals surface area contributed by atoms with Gasteiger partial charge in [-0.2, -0.15) is 8.42 Å². The van der Waals surface area contributed by atoms with Crippen LogP contribution in [0.15, 0.2) is 34.9 Å². The van der Waals surface area contributed by atoms with Gasteiger partial charge in [-0.25, -0.2) is 4.39 Å². The topological polar surface area (TPSA) is 60.2 Å². The zero-order chi connectivity index (χ0) is 12.5. The predicted molar refractivity (Wildman–Crippen MR) is 55.6 cm³/mol. The Hall–Kier alpha value is -1.76. The second-order valence-corrected chi connectivity index (χ2v) is 4.73. The molecule has 0 fully saturated rings. The van der Waals surface area contributed by atoms with E-state index in [1.165, 1.54) is 30.3 Å². The van der Waals surface area contributed by atoms with Crippen molar-refractivity contribution in [1.29, 1.82) is 0 Å². The van der Waals surface area contributed by atoms with E-state index in [1.807, 2.05) is 0 Å². The van der Waals surface area contributed by atoms with Crippen LogP contribution >= 0.6 is 0 Å². The number of benzene rings is 1. The van der Waals surface area contributed by atoms with Crippen molar-refractivity contribution in [1.82, 2.24) is 5.16 Å². The van der Waals surface area contributed by atoms with Gasteiger partial charge in [0.25, 0.3) is 0 Å². The van der Waals surface area contributed by atoms with Crippen LogP contribution in [0.25, 0.3) is 11.3 Å². The number of hydrogen-bond donors (Lipinski definition) is 0. The van der Waals surface area contributed by atoms with E-state index in [0.29, 0.717) is 11.3 Å². The second kappa shape index (κ2) is 4.25. The molecular weight excluding hydrogens is 252 g/mol. The third-order valence-electron chi connectivity index (χ3n) is 2.01. The van der Waals surface area contributed by atoms with Gasteiger partial charge in [-0.15, -0.1) is 3.89 Å². The van der Waals surface area contributed by atoms with Crippen LogP contribution < -0.4 is 0 Å². The monoisotopic (exact) mass is 259 g/mol. The Morgan fingerprint density at radius 2 is 1.88 bits per heavy atom.